The van der Waals surface area contributed by atoms with Gasteiger partial charge in [0, 0.05) is 29.5 Å². The molecule has 78 valence electrons. The Morgan fingerprint density at radius 2 is 2.20 bits per heavy atom. The zero-order valence-corrected chi connectivity index (χ0v) is 9.20. The van der Waals surface area contributed by atoms with E-state index in [9.17, 15) is 0 Å². The summed E-state index contributed by atoms with van der Waals surface area (Å²) in [6.07, 6.45) is 4.87. The summed E-state index contributed by atoms with van der Waals surface area (Å²) in [4.78, 5) is 4.17. The maximum Gasteiger partial charge on any atom is 0.0437 e. The summed E-state index contributed by atoms with van der Waals surface area (Å²) in [6.45, 7) is 4.37. The molecule has 0 radical (unpaired) electrons. The van der Waals surface area contributed by atoms with Crippen molar-refractivity contribution < 1.29 is 0 Å². The number of aromatic nitrogens is 1. The van der Waals surface area contributed by atoms with Crippen molar-refractivity contribution in [2.24, 2.45) is 0 Å². The molecule has 1 unspecified atom stereocenters. The first-order valence-corrected chi connectivity index (χ1v) is 5.40. The molecule has 0 amide bonds. The minimum Gasteiger partial charge on any atom is -0.382 e. The van der Waals surface area contributed by atoms with Gasteiger partial charge in [0.25, 0.3) is 0 Å². The van der Waals surface area contributed by atoms with Crippen LogP contribution in [0.1, 0.15) is 20.3 Å². The van der Waals surface area contributed by atoms with E-state index in [-0.39, 0.29) is 0 Å². The molecule has 1 atom stereocenters. The van der Waals surface area contributed by atoms with E-state index in [1.54, 1.807) is 0 Å². The molecule has 1 aromatic heterocycles. The van der Waals surface area contributed by atoms with Gasteiger partial charge in [-0.15, -0.1) is 0 Å². The van der Waals surface area contributed by atoms with E-state index in [2.05, 4.69) is 42.3 Å². The average molecular weight is 200 g/mol. The van der Waals surface area contributed by atoms with Crippen LogP contribution < -0.4 is 5.32 Å². The number of benzene rings is 1. The fourth-order valence-corrected chi connectivity index (χ4v) is 1.61. The van der Waals surface area contributed by atoms with Gasteiger partial charge in [0.15, 0.2) is 0 Å². The number of hydrogen-bond donors (Lipinski definition) is 1. The van der Waals surface area contributed by atoms with Crippen molar-refractivity contribution >= 4 is 16.5 Å². The lowest BCUT2D eigenvalue weighted by molar-refractivity contribution is 0.765. The van der Waals surface area contributed by atoms with Gasteiger partial charge in [0.05, 0.1) is 0 Å². The van der Waals surface area contributed by atoms with Crippen molar-refractivity contribution in [2.75, 3.05) is 5.32 Å². The lowest BCUT2D eigenvalue weighted by atomic mass is 10.1. The third-order valence-electron chi connectivity index (χ3n) is 2.70. The number of nitrogens with one attached hydrogen (secondary N) is 1. The quantitative estimate of drug-likeness (QED) is 0.820. The molecule has 1 aromatic carbocycles. The van der Waals surface area contributed by atoms with E-state index in [0.717, 1.165) is 6.42 Å². The second kappa shape index (κ2) is 4.30. The van der Waals surface area contributed by atoms with Crippen LogP contribution in [0, 0.1) is 0 Å². The summed E-state index contributed by atoms with van der Waals surface area (Å²) >= 11 is 0. The second-order valence-corrected chi connectivity index (χ2v) is 3.86. The molecule has 0 saturated carbocycles. The molecule has 0 saturated heterocycles. The van der Waals surface area contributed by atoms with Crippen LogP contribution in [-0.2, 0) is 0 Å². The van der Waals surface area contributed by atoms with E-state index in [4.69, 9.17) is 0 Å². The van der Waals surface area contributed by atoms with Gasteiger partial charge in [-0.2, -0.15) is 0 Å². The highest BCUT2D eigenvalue weighted by Crippen LogP contribution is 2.22. The van der Waals surface area contributed by atoms with Gasteiger partial charge in [0.1, 0.15) is 0 Å². The zero-order chi connectivity index (χ0) is 10.7. The number of hydrogen-bond acceptors (Lipinski definition) is 2. The minimum absolute atomic E-state index is 0.496. The van der Waals surface area contributed by atoms with Crippen LogP contribution in [0.25, 0.3) is 10.8 Å². The smallest absolute Gasteiger partial charge is 0.0437 e. The molecule has 2 heteroatoms. The van der Waals surface area contributed by atoms with Crippen molar-refractivity contribution in [1.29, 1.82) is 0 Å². The van der Waals surface area contributed by atoms with Gasteiger partial charge in [-0.25, -0.2) is 0 Å². The van der Waals surface area contributed by atoms with Gasteiger partial charge in [-0.05, 0) is 30.9 Å². The van der Waals surface area contributed by atoms with Gasteiger partial charge in [0.2, 0.25) is 0 Å². The highest BCUT2D eigenvalue weighted by molar-refractivity contribution is 5.93. The molecule has 1 N–H and O–H groups in total. The van der Waals surface area contributed by atoms with Crippen LogP contribution in [0.2, 0.25) is 0 Å². The van der Waals surface area contributed by atoms with E-state index >= 15 is 0 Å². The van der Waals surface area contributed by atoms with Crippen LogP contribution >= 0.6 is 0 Å². The Morgan fingerprint density at radius 1 is 1.33 bits per heavy atom. The Labute approximate surface area is 90.3 Å². The van der Waals surface area contributed by atoms with E-state index in [1.807, 2.05) is 18.5 Å². The Bertz CT molecular complexity index is 446. The Hall–Kier alpha value is -1.57. The molecule has 2 nitrogen and oxygen atoms in total. The first-order valence-electron chi connectivity index (χ1n) is 5.40. The number of fused-ring (bicyclic) bond motifs is 1. The predicted molar refractivity (Wildman–Crippen MR) is 65.1 cm³/mol. The molecule has 0 spiro atoms. The third kappa shape index (κ3) is 2.09. The monoisotopic (exact) mass is 200 g/mol. The minimum atomic E-state index is 0.496. The first-order chi connectivity index (χ1) is 7.31. The number of pyridine rings is 1. The molecular formula is C13H16N2. The fourth-order valence-electron chi connectivity index (χ4n) is 1.61. The molecule has 0 aliphatic heterocycles. The van der Waals surface area contributed by atoms with Crippen molar-refractivity contribution in [3.63, 3.8) is 0 Å². The maximum atomic E-state index is 4.17. The van der Waals surface area contributed by atoms with Crippen molar-refractivity contribution in [1.82, 2.24) is 4.98 Å². The summed E-state index contributed by atoms with van der Waals surface area (Å²) < 4.78 is 0. The highest BCUT2D eigenvalue weighted by Gasteiger charge is 2.02. The highest BCUT2D eigenvalue weighted by atomic mass is 14.9. The molecule has 0 aliphatic rings. The molecule has 0 aliphatic carbocycles. The topological polar surface area (TPSA) is 24.9 Å². The summed E-state index contributed by atoms with van der Waals surface area (Å²) in [5.41, 5.74) is 1.18. The molecule has 2 aromatic rings. The SMILES string of the molecule is CCC(C)Nc1cccc2ccncc12. The summed E-state index contributed by atoms with van der Waals surface area (Å²) in [5, 5.41) is 5.92. The molecule has 15 heavy (non-hydrogen) atoms. The fraction of sp³-hybridized carbons (Fsp3) is 0.308. The van der Waals surface area contributed by atoms with Crippen molar-refractivity contribution in [3.05, 3.63) is 36.7 Å². The van der Waals surface area contributed by atoms with Crippen molar-refractivity contribution in [3.8, 4) is 0 Å². The van der Waals surface area contributed by atoms with Crippen molar-refractivity contribution in [2.45, 2.75) is 26.3 Å². The Balaban J connectivity index is 2.42. The van der Waals surface area contributed by atoms with Gasteiger partial charge in [-0.3, -0.25) is 4.98 Å². The molecule has 0 bridgehead atoms. The lowest BCUT2D eigenvalue weighted by Crippen LogP contribution is -2.13. The van der Waals surface area contributed by atoms with Crippen LogP contribution in [0.5, 0.6) is 0 Å². The van der Waals surface area contributed by atoms with E-state index in [1.165, 1.54) is 16.5 Å². The lowest BCUT2D eigenvalue weighted by Gasteiger charge is -2.14. The first kappa shape index (κ1) is 9.97. The predicted octanol–water partition coefficient (Wildman–Crippen LogP) is 3.45. The summed E-state index contributed by atoms with van der Waals surface area (Å²) in [5.74, 6) is 0. The van der Waals surface area contributed by atoms with Crippen LogP contribution in [0.3, 0.4) is 0 Å². The number of nitrogens with zero attached hydrogens (tertiary/aromatic N) is 1. The standard InChI is InChI=1S/C13H16N2/c1-3-10(2)15-13-6-4-5-11-7-8-14-9-12(11)13/h4-10,15H,3H2,1-2H3. The number of anilines is 1. The Kier molecular flexibility index (Phi) is 2.86. The second-order valence-electron chi connectivity index (χ2n) is 3.86. The third-order valence-corrected chi connectivity index (χ3v) is 2.70. The molecule has 0 fully saturated rings. The van der Waals surface area contributed by atoms with E-state index < -0.39 is 0 Å². The maximum absolute atomic E-state index is 4.17. The molecule has 2 rings (SSSR count). The molecule has 1 heterocycles. The Morgan fingerprint density at radius 3 is 3.00 bits per heavy atom. The average Bonchev–Trinajstić information content (AvgIpc) is 2.29. The molecular weight excluding hydrogens is 184 g/mol. The van der Waals surface area contributed by atoms with Crippen LogP contribution in [0.4, 0.5) is 5.69 Å². The van der Waals surface area contributed by atoms with Gasteiger partial charge >= 0.3 is 0 Å². The van der Waals surface area contributed by atoms with Gasteiger partial charge < -0.3 is 5.32 Å². The zero-order valence-electron chi connectivity index (χ0n) is 9.20. The summed E-state index contributed by atoms with van der Waals surface area (Å²) in [7, 11) is 0. The summed E-state index contributed by atoms with van der Waals surface area (Å²) in [6, 6.07) is 8.83. The van der Waals surface area contributed by atoms with Gasteiger partial charge in [-0.1, -0.05) is 19.1 Å². The largest absolute Gasteiger partial charge is 0.382 e. The number of rotatable bonds is 3. The van der Waals surface area contributed by atoms with E-state index in [0.29, 0.717) is 6.04 Å². The normalized spacial score (nSPS) is 12.7. The van der Waals surface area contributed by atoms with Crippen LogP contribution in [-0.4, -0.2) is 11.0 Å². The van der Waals surface area contributed by atoms with Crippen LogP contribution in [0.15, 0.2) is 36.7 Å².